The third-order valence-corrected chi connectivity index (χ3v) is 13.9. The molecule has 0 aliphatic rings. The third kappa shape index (κ3) is 11.2. The highest BCUT2D eigenvalue weighted by Gasteiger charge is 2.52. The van der Waals surface area contributed by atoms with Gasteiger partial charge in [-0.15, -0.1) is 21.9 Å². The SMILES string of the molecule is COCCOc1ccccc1[S+](c1ccccc1OCCOC)c1ccccc1OCCOC.Fc1c(F)c(F)c([B-](c2c(F)c(F)c(F)c(F)c2F)(c2c(F)c(F)c(F)c(F)c2F)c2c(F)c(F)c(F)c(F)c2F)c(F)c1F. The first-order valence-corrected chi connectivity index (χ1v) is 23.3. The van der Waals surface area contributed by atoms with Gasteiger partial charge in [0.05, 0.1) is 19.8 Å². The zero-order valence-corrected chi connectivity index (χ0v) is 41.0. The van der Waals surface area contributed by atoms with Crippen molar-refractivity contribution in [3.63, 3.8) is 0 Å². The minimum Gasteiger partial charge on any atom is -0.486 e. The number of hydrogen-bond donors (Lipinski definition) is 0. The van der Waals surface area contributed by atoms with Crippen LogP contribution < -0.4 is 36.1 Å². The number of methoxy groups -OCH3 is 3. The van der Waals surface area contributed by atoms with E-state index >= 15 is 35.1 Å². The molecule has 0 amide bonds. The van der Waals surface area contributed by atoms with E-state index in [1.807, 2.05) is 54.6 Å². The summed E-state index contributed by atoms with van der Waals surface area (Å²) in [5.74, 6) is -69.0. The van der Waals surface area contributed by atoms with Gasteiger partial charge in [0.25, 0.3) is 0 Å². The van der Waals surface area contributed by atoms with Crippen LogP contribution in [0.1, 0.15) is 0 Å². The molecule has 0 bridgehead atoms. The van der Waals surface area contributed by atoms with Crippen LogP contribution in [0, 0.1) is 116 Å². The lowest BCUT2D eigenvalue weighted by molar-refractivity contribution is 0.144. The molecule has 0 unspecified atom stereocenters. The first-order valence-electron chi connectivity index (χ1n) is 22.1. The Hall–Kier alpha value is -7.17. The predicted octanol–water partition coefficient (Wildman–Crippen LogP) is 10.7. The number of rotatable bonds is 19. The van der Waals surface area contributed by atoms with Crippen molar-refractivity contribution in [2.45, 2.75) is 14.7 Å². The Morgan fingerprint density at radius 3 is 0.633 bits per heavy atom. The van der Waals surface area contributed by atoms with Crippen LogP contribution in [0.4, 0.5) is 87.8 Å². The average molecular weight is 1160 g/mol. The Bertz CT molecular complexity index is 2880. The van der Waals surface area contributed by atoms with E-state index in [-0.39, 0.29) is 0 Å². The predicted molar refractivity (Wildman–Crippen MR) is 243 cm³/mol. The Balaban J connectivity index is 0.000000265. The van der Waals surface area contributed by atoms with Crippen molar-refractivity contribution < 1.29 is 116 Å². The molecule has 7 aromatic rings. The molecule has 6 nitrogen and oxygen atoms in total. The Kier molecular flexibility index (Phi) is 19.9. The molecule has 0 radical (unpaired) electrons. The summed E-state index contributed by atoms with van der Waals surface area (Å²) in [7, 11) is 4.44. The first-order chi connectivity index (χ1) is 37.5. The molecule has 0 aliphatic carbocycles. The highest BCUT2D eigenvalue weighted by molar-refractivity contribution is 7.97. The van der Waals surface area contributed by atoms with E-state index in [9.17, 15) is 52.7 Å². The van der Waals surface area contributed by atoms with Crippen LogP contribution in [-0.4, -0.2) is 67.1 Å². The van der Waals surface area contributed by atoms with Gasteiger partial charge in [-0.05, 0) is 36.4 Å². The van der Waals surface area contributed by atoms with E-state index in [0.29, 0.717) is 39.6 Å². The highest BCUT2D eigenvalue weighted by Crippen LogP contribution is 2.44. The van der Waals surface area contributed by atoms with Crippen molar-refractivity contribution in [2.24, 2.45) is 0 Å². The van der Waals surface area contributed by atoms with E-state index < -0.39 is 155 Å². The van der Waals surface area contributed by atoms with Crippen molar-refractivity contribution >= 4 is 38.9 Å². The smallest absolute Gasteiger partial charge is 0.208 e. The first kappa shape index (κ1) is 61.1. The molecule has 0 fully saturated rings. The maximum atomic E-state index is 15.4. The normalized spacial score (nSPS) is 11.5. The number of benzene rings is 7. The third-order valence-electron chi connectivity index (χ3n) is 11.5. The molecule has 0 heterocycles. The fraction of sp³-hybridized carbons (Fsp3) is 0.176. The number of halogens is 20. The second kappa shape index (κ2) is 25.7. The molecule has 422 valence electrons. The van der Waals surface area contributed by atoms with Crippen LogP contribution in [0.2, 0.25) is 0 Å². The molecule has 79 heavy (non-hydrogen) atoms. The van der Waals surface area contributed by atoms with Crippen molar-refractivity contribution in [3.05, 3.63) is 189 Å². The van der Waals surface area contributed by atoms with E-state index in [1.165, 1.54) is 0 Å². The fourth-order valence-electron chi connectivity index (χ4n) is 8.15. The summed E-state index contributed by atoms with van der Waals surface area (Å²) in [6.07, 6.45) is -7.22. The molecule has 0 atom stereocenters. The maximum Gasteiger partial charge on any atom is 0.208 e. The van der Waals surface area contributed by atoms with Gasteiger partial charge in [-0.1, -0.05) is 36.4 Å². The van der Waals surface area contributed by atoms with E-state index in [1.54, 1.807) is 21.3 Å². The summed E-state index contributed by atoms with van der Waals surface area (Å²) in [6, 6.07) is 24.3. The summed E-state index contributed by atoms with van der Waals surface area (Å²) in [5, 5.41) is 0. The molecule has 0 N–H and O–H groups in total. The average Bonchev–Trinajstić information content (AvgIpc) is 3.63. The molecule has 7 aromatic carbocycles. The van der Waals surface area contributed by atoms with Crippen LogP contribution in [0.5, 0.6) is 17.2 Å². The second-order valence-corrected chi connectivity index (χ2v) is 17.9. The summed E-state index contributed by atoms with van der Waals surface area (Å²) in [4.78, 5) is 3.14. The lowest BCUT2D eigenvalue weighted by atomic mass is 9.12. The molecule has 0 spiro atoms. The van der Waals surface area contributed by atoms with Gasteiger partial charge in [0.15, 0.2) is 87.1 Å². The van der Waals surface area contributed by atoms with Gasteiger partial charge in [0.2, 0.25) is 14.7 Å². The minimum atomic E-state index is -7.22. The Morgan fingerprint density at radius 1 is 0.266 bits per heavy atom. The molecule has 7 rings (SSSR count). The van der Waals surface area contributed by atoms with Gasteiger partial charge >= 0.3 is 0 Å². The van der Waals surface area contributed by atoms with E-state index in [4.69, 9.17) is 28.4 Å². The topological polar surface area (TPSA) is 55.4 Å². The van der Waals surface area contributed by atoms with Crippen molar-refractivity contribution in [3.8, 4) is 17.2 Å². The van der Waals surface area contributed by atoms with Crippen LogP contribution >= 0.6 is 0 Å². The molecule has 0 aromatic heterocycles. The number of para-hydroxylation sites is 3. The van der Waals surface area contributed by atoms with Crippen LogP contribution in [0.15, 0.2) is 87.5 Å². The molecular weight excluding hydrogens is 1130 g/mol. The summed E-state index contributed by atoms with van der Waals surface area (Å²) in [6.45, 7) is 2.91. The fourth-order valence-corrected chi connectivity index (χ4v) is 10.5. The molecular formula is C51H33BF20O6S. The monoisotopic (exact) mass is 1160 g/mol. The largest absolute Gasteiger partial charge is 0.486 e. The quantitative estimate of drug-likeness (QED) is 0.0201. The van der Waals surface area contributed by atoms with Gasteiger partial charge in [-0.2, -0.15) is 0 Å². The Morgan fingerprint density at radius 2 is 0.443 bits per heavy atom. The van der Waals surface area contributed by atoms with Crippen molar-refractivity contribution in [1.82, 2.24) is 0 Å². The molecule has 28 heteroatoms. The number of hydrogen-bond acceptors (Lipinski definition) is 6. The van der Waals surface area contributed by atoms with Gasteiger partial charge in [-0.3, -0.25) is 0 Å². The zero-order valence-electron chi connectivity index (χ0n) is 40.2. The minimum absolute atomic E-state index is 0.461. The van der Waals surface area contributed by atoms with Crippen molar-refractivity contribution in [2.75, 3.05) is 61.0 Å². The summed E-state index contributed by atoms with van der Waals surface area (Å²) >= 11 is 0. The van der Waals surface area contributed by atoms with Crippen LogP contribution in [0.25, 0.3) is 0 Å². The molecule has 0 saturated carbocycles. The molecule has 0 aliphatic heterocycles. The van der Waals surface area contributed by atoms with Gasteiger partial charge < -0.3 is 28.4 Å². The Labute approximate surface area is 436 Å². The van der Waals surface area contributed by atoms with E-state index in [0.717, 1.165) is 31.9 Å². The van der Waals surface area contributed by atoms with Gasteiger partial charge in [0.1, 0.15) is 83.4 Å². The summed E-state index contributed by atoms with van der Waals surface area (Å²) < 4.78 is 328. The van der Waals surface area contributed by atoms with Crippen molar-refractivity contribution in [1.29, 1.82) is 0 Å². The highest BCUT2D eigenvalue weighted by atomic mass is 32.2. The number of ether oxygens (including phenoxy) is 6. The molecule has 0 saturated heterocycles. The zero-order chi connectivity index (χ0) is 58.4. The lowest BCUT2D eigenvalue weighted by Crippen LogP contribution is -2.81. The van der Waals surface area contributed by atoms with Gasteiger partial charge in [-0.25, -0.2) is 87.8 Å². The standard InChI is InChI=1S/C27H33O6S.C24BF20/c1-28-16-19-31-22-10-4-7-13-25(22)34(26-14-8-5-11-23(26)32-20-17-29-2)27-15-9-6-12-24(27)33-21-18-30-3;26-5-1(6(27)14(35)21(42)13(5)34)25(2-7(28)15(36)22(43)16(37)8(2)29,3-9(30)17(38)23(44)18(39)10(3)31)4-11(32)19(40)24(45)20(41)12(4)33/h4-15H,16-21H2,1-3H3;/q+1;-1. The second-order valence-electron chi connectivity index (χ2n) is 16.0. The van der Waals surface area contributed by atoms with Crippen LogP contribution in [-0.2, 0) is 25.1 Å². The van der Waals surface area contributed by atoms with Gasteiger partial charge in [0, 0.05) is 21.3 Å². The summed E-state index contributed by atoms with van der Waals surface area (Å²) in [5.41, 5.74) is -14.3. The van der Waals surface area contributed by atoms with Crippen LogP contribution in [0.3, 0.4) is 0 Å². The van der Waals surface area contributed by atoms with E-state index in [2.05, 4.69) is 18.2 Å². The lowest BCUT2D eigenvalue weighted by Gasteiger charge is -2.44. The maximum absolute atomic E-state index is 15.4.